The fourth-order valence-corrected chi connectivity index (χ4v) is 2.30. The molecule has 0 saturated carbocycles. The van der Waals surface area contributed by atoms with Crippen molar-refractivity contribution in [3.63, 3.8) is 0 Å². The average molecular weight is 263 g/mol. The maximum absolute atomic E-state index is 12.0. The van der Waals surface area contributed by atoms with Gasteiger partial charge in [0.05, 0.1) is 18.6 Å². The highest BCUT2D eigenvalue weighted by molar-refractivity contribution is 5.72. The van der Waals surface area contributed by atoms with Crippen molar-refractivity contribution in [1.82, 2.24) is 0 Å². The Hall–Kier alpha value is -1.55. The molecule has 19 heavy (non-hydrogen) atoms. The minimum Gasteiger partial charge on any atom is -0.493 e. The molecule has 2 N–H and O–H groups in total. The van der Waals surface area contributed by atoms with Crippen LogP contribution in [0.2, 0.25) is 0 Å². The molecule has 0 aliphatic carbocycles. The maximum Gasteiger partial charge on any atom is 0.308 e. The van der Waals surface area contributed by atoms with Crippen molar-refractivity contribution >= 4 is 5.97 Å². The van der Waals surface area contributed by atoms with Gasteiger partial charge in [-0.05, 0) is 26.8 Å². The fraction of sp³-hybridized carbons (Fsp3) is 0.533. The number of ether oxygens (including phenoxy) is 2. The first kappa shape index (κ1) is 13.9. The van der Waals surface area contributed by atoms with Gasteiger partial charge in [-0.25, -0.2) is 0 Å². The number of esters is 1. The van der Waals surface area contributed by atoms with Crippen molar-refractivity contribution < 1.29 is 14.3 Å². The van der Waals surface area contributed by atoms with Crippen LogP contribution in [-0.4, -0.2) is 18.2 Å². The molecule has 0 radical (unpaired) electrons. The third kappa shape index (κ3) is 3.26. The number of rotatable bonds is 2. The number of carbonyl (C=O) groups is 1. The number of fused-ring (bicyclic) bond motifs is 1. The Balaban J connectivity index is 2.18. The molecule has 4 heteroatoms. The molecule has 1 unspecified atom stereocenters. The van der Waals surface area contributed by atoms with E-state index in [4.69, 9.17) is 15.2 Å². The van der Waals surface area contributed by atoms with Crippen LogP contribution in [0.1, 0.15) is 39.2 Å². The summed E-state index contributed by atoms with van der Waals surface area (Å²) in [7, 11) is 0. The second-order valence-electron chi connectivity index (χ2n) is 6.01. The van der Waals surface area contributed by atoms with Crippen molar-refractivity contribution in [2.75, 3.05) is 6.61 Å². The summed E-state index contributed by atoms with van der Waals surface area (Å²) in [6.07, 6.45) is 0.786. The highest BCUT2D eigenvalue weighted by Crippen LogP contribution is 2.37. The molecular formula is C15H21NO3. The monoisotopic (exact) mass is 263 g/mol. The van der Waals surface area contributed by atoms with Gasteiger partial charge in [0.2, 0.25) is 0 Å². The summed E-state index contributed by atoms with van der Waals surface area (Å²) in [6, 6.07) is 7.60. The second kappa shape index (κ2) is 4.85. The molecule has 0 fully saturated rings. The lowest BCUT2D eigenvalue weighted by Crippen LogP contribution is -2.44. The highest BCUT2D eigenvalue weighted by atomic mass is 16.6. The Morgan fingerprint density at radius 1 is 1.42 bits per heavy atom. The van der Waals surface area contributed by atoms with E-state index >= 15 is 0 Å². The van der Waals surface area contributed by atoms with E-state index in [0.717, 1.165) is 11.3 Å². The van der Waals surface area contributed by atoms with E-state index in [2.05, 4.69) is 0 Å². The Labute approximate surface area is 113 Å². The molecule has 0 spiro atoms. The van der Waals surface area contributed by atoms with Crippen molar-refractivity contribution in [3.05, 3.63) is 29.8 Å². The third-order valence-electron chi connectivity index (χ3n) is 3.11. The standard InChI is InChI=1S/C15H21NO3/c1-14(2,3)19-13(17)10-15(16)8-9-18-12-7-5-4-6-11(12)15/h4-7H,8-10,16H2,1-3H3. The molecule has 0 aromatic heterocycles. The zero-order chi connectivity index (χ0) is 14.1. The van der Waals surface area contributed by atoms with Crippen LogP contribution < -0.4 is 10.5 Å². The van der Waals surface area contributed by atoms with Crippen molar-refractivity contribution in [2.24, 2.45) is 5.73 Å². The van der Waals surface area contributed by atoms with Gasteiger partial charge in [0.25, 0.3) is 0 Å². The van der Waals surface area contributed by atoms with Crippen LogP contribution in [0.15, 0.2) is 24.3 Å². The van der Waals surface area contributed by atoms with E-state index < -0.39 is 11.1 Å². The van der Waals surface area contributed by atoms with Crippen LogP contribution >= 0.6 is 0 Å². The summed E-state index contributed by atoms with van der Waals surface area (Å²) in [6.45, 7) is 6.08. The Morgan fingerprint density at radius 3 is 2.79 bits per heavy atom. The quantitative estimate of drug-likeness (QED) is 0.832. The number of hydrogen-bond acceptors (Lipinski definition) is 4. The lowest BCUT2D eigenvalue weighted by atomic mass is 9.82. The molecule has 0 bridgehead atoms. The first-order valence-electron chi connectivity index (χ1n) is 6.53. The zero-order valence-electron chi connectivity index (χ0n) is 11.7. The molecular weight excluding hydrogens is 242 g/mol. The van der Waals surface area contributed by atoms with Gasteiger partial charge in [-0.2, -0.15) is 0 Å². The minimum absolute atomic E-state index is 0.171. The molecule has 1 aromatic carbocycles. The normalized spacial score (nSPS) is 22.3. The van der Waals surface area contributed by atoms with Crippen molar-refractivity contribution in [3.8, 4) is 5.75 Å². The average Bonchev–Trinajstić information content (AvgIpc) is 2.26. The van der Waals surface area contributed by atoms with E-state index in [1.807, 2.05) is 45.0 Å². The summed E-state index contributed by atoms with van der Waals surface area (Å²) in [5.74, 6) is 0.492. The Kier molecular flexibility index (Phi) is 3.54. The summed E-state index contributed by atoms with van der Waals surface area (Å²) in [4.78, 5) is 12.0. The van der Waals surface area contributed by atoms with Gasteiger partial charge in [-0.3, -0.25) is 4.79 Å². The van der Waals surface area contributed by atoms with Crippen LogP contribution in [0.5, 0.6) is 5.75 Å². The van der Waals surface area contributed by atoms with Crippen molar-refractivity contribution in [1.29, 1.82) is 0 Å². The smallest absolute Gasteiger partial charge is 0.308 e. The Morgan fingerprint density at radius 2 is 2.11 bits per heavy atom. The van der Waals surface area contributed by atoms with Gasteiger partial charge >= 0.3 is 5.97 Å². The molecule has 1 aliphatic heterocycles. The van der Waals surface area contributed by atoms with Gasteiger partial charge in [-0.15, -0.1) is 0 Å². The summed E-state index contributed by atoms with van der Waals surface area (Å²) >= 11 is 0. The van der Waals surface area contributed by atoms with Crippen LogP contribution in [0.25, 0.3) is 0 Å². The van der Waals surface area contributed by atoms with E-state index in [0.29, 0.717) is 13.0 Å². The van der Waals surface area contributed by atoms with E-state index in [1.165, 1.54) is 0 Å². The Bertz CT molecular complexity index is 479. The molecule has 1 heterocycles. The fourth-order valence-electron chi connectivity index (χ4n) is 2.30. The molecule has 1 aromatic rings. The van der Waals surface area contributed by atoms with Gasteiger partial charge in [0, 0.05) is 12.0 Å². The second-order valence-corrected chi connectivity index (χ2v) is 6.01. The van der Waals surface area contributed by atoms with E-state index in [1.54, 1.807) is 0 Å². The number of benzene rings is 1. The number of hydrogen-bond donors (Lipinski definition) is 1. The molecule has 104 valence electrons. The molecule has 2 rings (SSSR count). The maximum atomic E-state index is 12.0. The van der Waals surface area contributed by atoms with Gasteiger partial charge in [0.1, 0.15) is 11.4 Å². The predicted molar refractivity (Wildman–Crippen MR) is 72.9 cm³/mol. The largest absolute Gasteiger partial charge is 0.493 e. The lowest BCUT2D eigenvalue weighted by molar-refractivity contribution is -0.156. The van der Waals surface area contributed by atoms with E-state index in [-0.39, 0.29) is 12.4 Å². The van der Waals surface area contributed by atoms with Crippen LogP contribution in [0.4, 0.5) is 0 Å². The molecule has 4 nitrogen and oxygen atoms in total. The minimum atomic E-state index is -0.697. The van der Waals surface area contributed by atoms with E-state index in [9.17, 15) is 4.79 Å². The molecule has 1 atom stereocenters. The molecule has 0 saturated heterocycles. The summed E-state index contributed by atoms with van der Waals surface area (Å²) in [5, 5.41) is 0. The number of nitrogens with two attached hydrogens (primary N) is 1. The van der Waals surface area contributed by atoms with Crippen molar-refractivity contribution in [2.45, 2.75) is 44.8 Å². The topological polar surface area (TPSA) is 61.5 Å². The van der Waals surface area contributed by atoms with Gasteiger partial charge in [0.15, 0.2) is 0 Å². The first-order valence-corrected chi connectivity index (χ1v) is 6.53. The van der Waals surface area contributed by atoms with Crippen LogP contribution in [0, 0.1) is 0 Å². The first-order chi connectivity index (χ1) is 8.80. The van der Waals surface area contributed by atoms with Crippen LogP contribution in [-0.2, 0) is 15.1 Å². The summed E-state index contributed by atoms with van der Waals surface area (Å²) in [5.41, 5.74) is 6.11. The van der Waals surface area contributed by atoms with Gasteiger partial charge in [-0.1, -0.05) is 18.2 Å². The molecule has 0 amide bonds. The summed E-state index contributed by atoms with van der Waals surface area (Å²) < 4.78 is 10.9. The van der Waals surface area contributed by atoms with Crippen LogP contribution in [0.3, 0.4) is 0 Å². The third-order valence-corrected chi connectivity index (χ3v) is 3.11. The SMILES string of the molecule is CC(C)(C)OC(=O)CC1(N)CCOc2ccccc21. The highest BCUT2D eigenvalue weighted by Gasteiger charge is 2.37. The number of para-hydroxylation sites is 1. The predicted octanol–water partition coefficient (Wildman–Crippen LogP) is 2.35. The number of carbonyl (C=O) groups excluding carboxylic acids is 1. The lowest BCUT2D eigenvalue weighted by Gasteiger charge is -2.35. The molecule has 1 aliphatic rings. The zero-order valence-corrected chi connectivity index (χ0v) is 11.7. The van der Waals surface area contributed by atoms with Gasteiger partial charge < -0.3 is 15.2 Å².